The Morgan fingerprint density at radius 3 is 3.00 bits per heavy atom. The van der Waals surface area contributed by atoms with E-state index in [0.29, 0.717) is 0 Å². The molecule has 1 heterocycles. The molecule has 1 aromatic heterocycles. The highest BCUT2D eigenvalue weighted by molar-refractivity contribution is 5.78. The van der Waals surface area contributed by atoms with Crippen LogP contribution < -0.4 is 4.74 Å². The second-order valence-corrected chi connectivity index (χ2v) is 2.88. The number of hydrogen-bond acceptors (Lipinski definition) is 3. The number of aryl methyl sites for hydroxylation is 1. The smallest absolute Gasteiger partial charge is 0.170 e. The molecule has 0 aliphatic heterocycles. The van der Waals surface area contributed by atoms with E-state index in [4.69, 9.17) is 9.26 Å². The first-order valence-corrected chi connectivity index (χ1v) is 4.26. The maximum Gasteiger partial charge on any atom is 0.170 e. The van der Waals surface area contributed by atoms with Gasteiger partial charge in [-0.15, -0.1) is 0 Å². The minimum Gasteiger partial charge on any atom is -0.496 e. The highest BCUT2D eigenvalue weighted by Crippen LogP contribution is 2.25. The van der Waals surface area contributed by atoms with Crippen LogP contribution in [0.15, 0.2) is 22.9 Å². The predicted octanol–water partition coefficient (Wildman–Crippen LogP) is 2.40. The molecule has 13 heavy (non-hydrogen) atoms. The van der Waals surface area contributed by atoms with Gasteiger partial charge >= 0.3 is 0 Å². The normalized spacial score (nSPS) is 10.6. The van der Waals surface area contributed by atoms with E-state index in [1.807, 2.05) is 12.1 Å². The van der Waals surface area contributed by atoms with Crippen molar-refractivity contribution in [2.24, 2.45) is 0 Å². The Labute approximate surface area is 76.3 Å². The number of aromatic nitrogens is 1. The zero-order valence-electron chi connectivity index (χ0n) is 7.70. The average molecular weight is 177 g/mol. The van der Waals surface area contributed by atoms with Crippen LogP contribution in [0, 0.1) is 0 Å². The number of rotatable bonds is 2. The van der Waals surface area contributed by atoms with Gasteiger partial charge in [0.25, 0.3) is 0 Å². The summed E-state index contributed by atoms with van der Waals surface area (Å²) in [5.74, 6) is 0.867. The number of benzene rings is 1. The molecule has 3 heteroatoms. The topological polar surface area (TPSA) is 35.3 Å². The molecule has 0 bridgehead atoms. The van der Waals surface area contributed by atoms with Gasteiger partial charge in [-0.3, -0.25) is 0 Å². The van der Waals surface area contributed by atoms with Crippen LogP contribution >= 0.6 is 0 Å². The molecule has 0 unspecified atom stereocenters. The Morgan fingerprint density at radius 1 is 1.46 bits per heavy atom. The molecule has 0 radical (unpaired) electrons. The second-order valence-electron chi connectivity index (χ2n) is 2.88. The molecule has 2 aromatic rings. The third-order valence-electron chi connectivity index (χ3n) is 2.14. The second kappa shape index (κ2) is 3.09. The number of ether oxygens (including phenoxy) is 1. The molecule has 3 nitrogen and oxygen atoms in total. The van der Waals surface area contributed by atoms with E-state index in [9.17, 15) is 0 Å². The fraction of sp³-hybridized carbons (Fsp3) is 0.300. The van der Waals surface area contributed by atoms with E-state index in [0.717, 1.165) is 23.1 Å². The van der Waals surface area contributed by atoms with Crippen LogP contribution in [0.25, 0.3) is 11.0 Å². The van der Waals surface area contributed by atoms with E-state index in [-0.39, 0.29) is 0 Å². The summed E-state index contributed by atoms with van der Waals surface area (Å²) in [7, 11) is 1.66. The zero-order valence-corrected chi connectivity index (χ0v) is 7.70. The van der Waals surface area contributed by atoms with Crippen molar-refractivity contribution in [1.82, 2.24) is 5.16 Å². The highest BCUT2D eigenvalue weighted by atomic mass is 16.5. The summed E-state index contributed by atoms with van der Waals surface area (Å²) in [6.07, 6.45) is 2.66. The average Bonchev–Trinajstić information content (AvgIpc) is 2.62. The summed E-state index contributed by atoms with van der Waals surface area (Å²) in [5, 5.41) is 4.75. The van der Waals surface area contributed by atoms with Crippen LogP contribution in [0.2, 0.25) is 0 Å². The van der Waals surface area contributed by atoms with Crippen molar-refractivity contribution in [3.8, 4) is 5.75 Å². The first-order chi connectivity index (χ1) is 6.35. The van der Waals surface area contributed by atoms with Crippen molar-refractivity contribution in [3.63, 3.8) is 0 Å². The molecule has 0 amide bonds. The molecule has 0 aliphatic carbocycles. The molecular weight excluding hydrogens is 166 g/mol. The van der Waals surface area contributed by atoms with Gasteiger partial charge in [0.1, 0.15) is 5.75 Å². The van der Waals surface area contributed by atoms with E-state index in [1.54, 1.807) is 13.3 Å². The van der Waals surface area contributed by atoms with Crippen LogP contribution in [0.1, 0.15) is 12.5 Å². The Hall–Kier alpha value is -1.51. The van der Waals surface area contributed by atoms with Gasteiger partial charge < -0.3 is 9.26 Å². The standard InChI is InChI=1S/C10H11NO2/c1-3-7-4-8-6-11-13-10(8)5-9(7)12-2/h4-6H,3H2,1-2H3. The van der Waals surface area contributed by atoms with Crippen LogP contribution in [0.4, 0.5) is 0 Å². The van der Waals surface area contributed by atoms with Gasteiger partial charge in [-0.2, -0.15) is 0 Å². The summed E-state index contributed by atoms with van der Waals surface area (Å²) < 4.78 is 10.3. The van der Waals surface area contributed by atoms with E-state index >= 15 is 0 Å². The minimum atomic E-state index is 0.772. The Kier molecular flexibility index (Phi) is 1.93. The molecule has 2 rings (SSSR count). The molecule has 0 spiro atoms. The molecule has 0 saturated carbocycles. The fourth-order valence-corrected chi connectivity index (χ4v) is 1.41. The Bertz CT molecular complexity index is 382. The first kappa shape index (κ1) is 8.10. The summed E-state index contributed by atoms with van der Waals surface area (Å²) in [6.45, 7) is 2.09. The lowest BCUT2D eigenvalue weighted by atomic mass is 10.1. The Balaban J connectivity index is 2.67. The molecule has 0 N–H and O–H groups in total. The van der Waals surface area contributed by atoms with Crippen molar-refractivity contribution in [2.45, 2.75) is 13.3 Å². The first-order valence-electron chi connectivity index (χ1n) is 4.26. The van der Waals surface area contributed by atoms with Crippen LogP contribution in [-0.4, -0.2) is 12.3 Å². The van der Waals surface area contributed by atoms with Gasteiger partial charge in [0.05, 0.1) is 13.3 Å². The lowest BCUT2D eigenvalue weighted by Gasteiger charge is -2.04. The van der Waals surface area contributed by atoms with Gasteiger partial charge in [-0.25, -0.2) is 0 Å². The van der Waals surface area contributed by atoms with Crippen LogP contribution in [-0.2, 0) is 6.42 Å². The Morgan fingerprint density at radius 2 is 2.31 bits per heavy atom. The third-order valence-corrected chi connectivity index (χ3v) is 2.14. The molecule has 1 aromatic carbocycles. The minimum absolute atomic E-state index is 0.772. The summed E-state index contributed by atoms with van der Waals surface area (Å²) in [5.41, 5.74) is 1.95. The van der Waals surface area contributed by atoms with Gasteiger partial charge in [0.2, 0.25) is 0 Å². The number of nitrogens with zero attached hydrogens (tertiary/aromatic N) is 1. The van der Waals surface area contributed by atoms with Crippen molar-refractivity contribution in [3.05, 3.63) is 23.9 Å². The number of fused-ring (bicyclic) bond motifs is 1. The molecule has 0 aliphatic rings. The zero-order chi connectivity index (χ0) is 9.26. The lowest BCUT2D eigenvalue weighted by Crippen LogP contribution is -1.89. The van der Waals surface area contributed by atoms with Gasteiger partial charge in [0.15, 0.2) is 5.58 Å². The van der Waals surface area contributed by atoms with Crippen LogP contribution in [0.3, 0.4) is 0 Å². The monoisotopic (exact) mass is 177 g/mol. The van der Waals surface area contributed by atoms with Crippen LogP contribution in [0.5, 0.6) is 5.75 Å². The highest BCUT2D eigenvalue weighted by Gasteiger charge is 2.05. The van der Waals surface area contributed by atoms with Crippen molar-refractivity contribution >= 4 is 11.0 Å². The van der Waals surface area contributed by atoms with Crippen molar-refractivity contribution in [1.29, 1.82) is 0 Å². The molecule has 0 fully saturated rings. The third kappa shape index (κ3) is 1.26. The summed E-state index contributed by atoms with van der Waals surface area (Å²) in [4.78, 5) is 0. The summed E-state index contributed by atoms with van der Waals surface area (Å²) >= 11 is 0. The van der Waals surface area contributed by atoms with Gasteiger partial charge in [-0.05, 0) is 18.1 Å². The maximum absolute atomic E-state index is 5.23. The predicted molar refractivity (Wildman–Crippen MR) is 49.9 cm³/mol. The number of methoxy groups -OCH3 is 1. The molecule has 68 valence electrons. The summed E-state index contributed by atoms with van der Waals surface area (Å²) in [6, 6.07) is 3.92. The molecule has 0 saturated heterocycles. The quantitative estimate of drug-likeness (QED) is 0.706. The van der Waals surface area contributed by atoms with Crippen molar-refractivity contribution in [2.75, 3.05) is 7.11 Å². The maximum atomic E-state index is 5.23. The fourth-order valence-electron chi connectivity index (χ4n) is 1.41. The molecule has 0 atom stereocenters. The molecular formula is C10H11NO2. The van der Waals surface area contributed by atoms with Crippen molar-refractivity contribution < 1.29 is 9.26 Å². The largest absolute Gasteiger partial charge is 0.496 e. The van der Waals surface area contributed by atoms with Gasteiger partial charge in [-0.1, -0.05) is 12.1 Å². The lowest BCUT2D eigenvalue weighted by molar-refractivity contribution is 0.407. The van der Waals surface area contributed by atoms with Gasteiger partial charge in [0, 0.05) is 11.5 Å². The number of hydrogen-bond donors (Lipinski definition) is 0. The van der Waals surface area contributed by atoms with E-state index in [2.05, 4.69) is 12.1 Å². The SMILES string of the molecule is CCc1cc2cnoc2cc1OC. The van der Waals surface area contributed by atoms with E-state index in [1.165, 1.54) is 5.56 Å². The van der Waals surface area contributed by atoms with E-state index < -0.39 is 0 Å².